The van der Waals surface area contributed by atoms with E-state index < -0.39 is 0 Å². The van der Waals surface area contributed by atoms with Gasteiger partial charge in [-0.3, -0.25) is 0 Å². The molecule has 1 saturated carbocycles. The fourth-order valence-electron chi connectivity index (χ4n) is 3.75. The van der Waals surface area contributed by atoms with Crippen molar-refractivity contribution in [2.45, 2.75) is 45.1 Å². The summed E-state index contributed by atoms with van der Waals surface area (Å²) in [4.78, 5) is 0. The van der Waals surface area contributed by atoms with Crippen molar-refractivity contribution >= 4 is 0 Å². The third kappa shape index (κ3) is 4.61. The number of benzene rings is 2. The summed E-state index contributed by atoms with van der Waals surface area (Å²) in [7, 11) is 1.73. The molecule has 0 aromatic heterocycles. The Bertz CT molecular complexity index is 631. The van der Waals surface area contributed by atoms with Gasteiger partial charge in [0.15, 0.2) is 0 Å². The molecule has 128 valence electrons. The van der Waals surface area contributed by atoms with E-state index in [1.54, 1.807) is 7.11 Å². The van der Waals surface area contributed by atoms with E-state index in [0.717, 1.165) is 30.3 Å². The molecule has 0 bridgehead atoms. The number of rotatable bonds is 7. The van der Waals surface area contributed by atoms with Crippen LogP contribution in [0.4, 0.5) is 0 Å². The molecule has 0 saturated heterocycles. The molecule has 0 radical (unpaired) electrons. The largest absolute Gasteiger partial charge is 0.496 e. The van der Waals surface area contributed by atoms with E-state index in [4.69, 9.17) is 4.74 Å². The molecule has 1 aliphatic carbocycles. The van der Waals surface area contributed by atoms with Gasteiger partial charge in [0.2, 0.25) is 0 Å². The molecule has 1 N–H and O–H groups in total. The molecule has 1 aliphatic rings. The minimum absolute atomic E-state index is 0.930. The predicted octanol–water partition coefficient (Wildman–Crippen LogP) is 5.42. The first-order chi connectivity index (χ1) is 11.9. The average Bonchev–Trinajstić information content (AvgIpc) is 2.66. The number of nitrogens with one attached hydrogen (secondary N) is 1. The van der Waals surface area contributed by atoms with Crippen molar-refractivity contribution in [2.24, 2.45) is 5.92 Å². The van der Waals surface area contributed by atoms with Crippen molar-refractivity contribution in [3.63, 3.8) is 0 Å². The Labute approximate surface area is 146 Å². The van der Waals surface area contributed by atoms with E-state index in [1.165, 1.54) is 49.7 Å². The van der Waals surface area contributed by atoms with Crippen LogP contribution in [0.5, 0.6) is 5.75 Å². The van der Waals surface area contributed by atoms with Crippen molar-refractivity contribution < 1.29 is 4.74 Å². The van der Waals surface area contributed by atoms with Gasteiger partial charge in [-0.1, -0.05) is 68.5 Å². The van der Waals surface area contributed by atoms with Crippen LogP contribution in [-0.2, 0) is 6.54 Å². The third-order valence-corrected chi connectivity index (χ3v) is 5.13. The van der Waals surface area contributed by atoms with Crippen molar-refractivity contribution in [2.75, 3.05) is 13.7 Å². The SMILES string of the molecule is COc1ccccc1-c1cccc(CNCCC2CCCCC2)c1. The van der Waals surface area contributed by atoms with Crippen LogP contribution >= 0.6 is 0 Å². The Balaban J connectivity index is 1.55. The standard InChI is InChI=1S/C22H29NO/c1-24-22-13-6-5-12-21(22)20-11-7-10-19(16-20)17-23-15-14-18-8-3-2-4-9-18/h5-7,10-13,16,18,23H,2-4,8-9,14-15,17H2,1H3. The summed E-state index contributed by atoms with van der Waals surface area (Å²) in [6.45, 7) is 2.07. The van der Waals surface area contributed by atoms with E-state index in [-0.39, 0.29) is 0 Å². The lowest BCUT2D eigenvalue weighted by molar-refractivity contribution is 0.334. The fraction of sp³-hybridized carbons (Fsp3) is 0.455. The minimum Gasteiger partial charge on any atom is -0.496 e. The second-order valence-electron chi connectivity index (χ2n) is 6.87. The van der Waals surface area contributed by atoms with Crippen LogP contribution in [0.3, 0.4) is 0 Å². The normalized spacial score (nSPS) is 15.4. The topological polar surface area (TPSA) is 21.3 Å². The first-order valence-electron chi connectivity index (χ1n) is 9.30. The monoisotopic (exact) mass is 323 g/mol. The van der Waals surface area contributed by atoms with Crippen molar-refractivity contribution in [3.8, 4) is 16.9 Å². The lowest BCUT2D eigenvalue weighted by Gasteiger charge is -2.21. The summed E-state index contributed by atoms with van der Waals surface area (Å²) in [5.41, 5.74) is 3.71. The Hall–Kier alpha value is -1.80. The minimum atomic E-state index is 0.930. The zero-order valence-electron chi connectivity index (χ0n) is 14.8. The predicted molar refractivity (Wildman–Crippen MR) is 101 cm³/mol. The number of ether oxygens (including phenoxy) is 1. The van der Waals surface area contributed by atoms with E-state index in [1.807, 2.05) is 12.1 Å². The van der Waals surface area contributed by atoms with Gasteiger partial charge in [0.1, 0.15) is 5.75 Å². The summed E-state index contributed by atoms with van der Waals surface area (Å²) in [6.07, 6.45) is 8.51. The molecule has 0 atom stereocenters. The molecule has 0 amide bonds. The Kier molecular flexibility index (Phi) is 6.31. The first-order valence-corrected chi connectivity index (χ1v) is 9.30. The van der Waals surface area contributed by atoms with Crippen molar-refractivity contribution in [1.29, 1.82) is 0 Å². The highest BCUT2D eigenvalue weighted by Crippen LogP contribution is 2.30. The van der Waals surface area contributed by atoms with Crippen molar-refractivity contribution in [1.82, 2.24) is 5.32 Å². The number of methoxy groups -OCH3 is 1. The third-order valence-electron chi connectivity index (χ3n) is 5.13. The molecule has 0 unspecified atom stereocenters. The second-order valence-corrected chi connectivity index (χ2v) is 6.87. The molecule has 2 aromatic rings. The molecule has 2 aromatic carbocycles. The molecule has 0 aliphatic heterocycles. The van der Waals surface area contributed by atoms with Gasteiger partial charge in [-0.2, -0.15) is 0 Å². The summed E-state index contributed by atoms with van der Waals surface area (Å²) in [6, 6.07) is 17.0. The molecule has 0 spiro atoms. The van der Waals surface area contributed by atoms with E-state index >= 15 is 0 Å². The highest BCUT2D eigenvalue weighted by atomic mass is 16.5. The van der Waals surface area contributed by atoms with Gasteiger partial charge < -0.3 is 10.1 Å². The van der Waals surface area contributed by atoms with Gasteiger partial charge in [-0.15, -0.1) is 0 Å². The zero-order valence-corrected chi connectivity index (χ0v) is 14.8. The quantitative estimate of drug-likeness (QED) is 0.687. The Morgan fingerprint density at radius 2 is 1.83 bits per heavy atom. The van der Waals surface area contributed by atoms with Crippen molar-refractivity contribution in [3.05, 3.63) is 54.1 Å². The smallest absolute Gasteiger partial charge is 0.126 e. The summed E-state index contributed by atoms with van der Waals surface area (Å²) in [5, 5.41) is 3.63. The zero-order chi connectivity index (χ0) is 16.6. The van der Waals surface area contributed by atoms with Crippen LogP contribution in [0.15, 0.2) is 48.5 Å². The Morgan fingerprint density at radius 3 is 2.67 bits per heavy atom. The molecule has 1 fully saturated rings. The van der Waals surface area contributed by atoms with Crippen LogP contribution in [0.1, 0.15) is 44.1 Å². The van der Waals surface area contributed by atoms with Crippen LogP contribution in [0.25, 0.3) is 11.1 Å². The van der Waals surface area contributed by atoms with Gasteiger partial charge in [0.05, 0.1) is 7.11 Å². The number of hydrogen-bond donors (Lipinski definition) is 1. The van der Waals surface area contributed by atoms with Gasteiger partial charge in [-0.05, 0) is 42.1 Å². The lowest BCUT2D eigenvalue weighted by Crippen LogP contribution is -2.19. The summed E-state index contributed by atoms with van der Waals surface area (Å²) < 4.78 is 5.49. The molecular formula is C22H29NO. The maximum absolute atomic E-state index is 5.49. The fourth-order valence-corrected chi connectivity index (χ4v) is 3.75. The summed E-state index contributed by atoms with van der Waals surface area (Å²) >= 11 is 0. The molecule has 0 heterocycles. The Morgan fingerprint density at radius 1 is 1.00 bits per heavy atom. The molecule has 24 heavy (non-hydrogen) atoms. The maximum atomic E-state index is 5.49. The summed E-state index contributed by atoms with van der Waals surface area (Å²) in [5.74, 6) is 1.88. The molecule has 2 heteroatoms. The van der Waals surface area contributed by atoms with Gasteiger partial charge >= 0.3 is 0 Å². The van der Waals surface area contributed by atoms with E-state index in [2.05, 4.69) is 41.7 Å². The van der Waals surface area contributed by atoms with Gasteiger partial charge in [-0.25, -0.2) is 0 Å². The van der Waals surface area contributed by atoms with Crippen LogP contribution in [0, 0.1) is 5.92 Å². The number of hydrogen-bond acceptors (Lipinski definition) is 2. The maximum Gasteiger partial charge on any atom is 0.126 e. The molecule has 2 nitrogen and oxygen atoms in total. The van der Waals surface area contributed by atoms with Crippen LogP contribution in [0.2, 0.25) is 0 Å². The average molecular weight is 323 g/mol. The highest BCUT2D eigenvalue weighted by Gasteiger charge is 2.12. The number of para-hydroxylation sites is 1. The molecular weight excluding hydrogens is 294 g/mol. The van der Waals surface area contributed by atoms with E-state index in [9.17, 15) is 0 Å². The van der Waals surface area contributed by atoms with Gasteiger partial charge in [0, 0.05) is 12.1 Å². The van der Waals surface area contributed by atoms with Crippen LogP contribution in [-0.4, -0.2) is 13.7 Å². The highest BCUT2D eigenvalue weighted by molar-refractivity contribution is 5.70. The van der Waals surface area contributed by atoms with Gasteiger partial charge in [0.25, 0.3) is 0 Å². The van der Waals surface area contributed by atoms with Crippen LogP contribution < -0.4 is 10.1 Å². The second kappa shape index (κ2) is 8.89. The van der Waals surface area contributed by atoms with E-state index in [0.29, 0.717) is 0 Å². The first kappa shape index (κ1) is 17.0. The lowest BCUT2D eigenvalue weighted by atomic mass is 9.87. The molecule has 3 rings (SSSR count).